The van der Waals surface area contributed by atoms with E-state index < -0.39 is 0 Å². The molecule has 2 aromatic rings. The average Bonchev–Trinajstić information content (AvgIpc) is 3.39. The van der Waals surface area contributed by atoms with E-state index in [1.807, 2.05) is 13.1 Å². The Bertz CT molecular complexity index is 817. The monoisotopic (exact) mass is 414 g/mol. The molecule has 0 N–H and O–H groups in total. The van der Waals surface area contributed by atoms with Crippen molar-refractivity contribution in [2.75, 3.05) is 13.7 Å². The lowest BCUT2D eigenvalue weighted by Gasteiger charge is -2.32. The van der Waals surface area contributed by atoms with E-state index in [1.54, 1.807) is 18.9 Å². The predicted molar refractivity (Wildman–Crippen MR) is 113 cm³/mol. The van der Waals surface area contributed by atoms with Gasteiger partial charge in [0.15, 0.2) is 11.0 Å². The van der Waals surface area contributed by atoms with Crippen LogP contribution < -0.4 is 0 Å². The van der Waals surface area contributed by atoms with Gasteiger partial charge in [0.1, 0.15) is 0 Å². The van der Waals surface area contributed by atoms with E-state index in [4.69, 9.17) is 4.74 Å². The third-order valence-corrected chi connectivity index (χ3v) is 7.36. The smallest absolute Gasteiger partial charge is 0.226 e. The Balaban J connectivity index is 1.42. The number of hydrogen-bond donors (Lipinski definition) is 0. The summed E-state index contributed by atoms with van der Waals surface area (Å²) in [4.78, 5) is 15.3. The minimum Gasteiger partial charge on any atom is -0.381 e. The summed E-state index contributed by atoms with van der Waals surface area (Å²) in [6.07, 6.45) is 6.13. The first-order valence-corrected chi connectivity index (χ1v) is 11.5. The second-order valence-corrected chi connectivity index (χ2v) is 9.02. The van der Waals surface area contributed by atoms with Gasteiger partial charge < -0.3 is 14.2 Å². The summed E-state index contributed by atoms with van der Waals surface area (Å²) in [7, 11) is 3.79. The van der Waals surface area contributed by atoms with E-state index in [0.29, 0.717) is 12.0 Å². The average molecular weight is 415 g/mol. The Morgan fingerprint density at radius 3 is 2.62 bits per heavy atom. The van der Waals surface area contributed by atoms with Crippen molar-refractivity contribution in [3.63, 3.8) is 0 Å². The van der Waals surface area contributed by atoms with Gasteiger partial charge in [-0.2, -0.15) is 0 Å². The molecule has 4 rings (SSSR count). The third kappa shape index (κ3) is 4.51. The molecule has 2 fully saturated rings. The second-order valence-electron chi connectivity index (χ2n) is 8.07. The molecular formula is C22H30N4O2S. The van der Waals surface area contributed by atoms with Crippen LogP contribution in [0.5, 0.6) is 0 Å². The van der Waals surface area contributed by atoms with Crippen molar-refractivity contribution in [1.82, 2.24) is 19.7 Å². The Morgan fingerprint density at radius 2 is 1.90 bits per heavy atom. The van der Waals surface area contributed by atoms with Crippen molar-refractivity contribution in [1.29, 1.82) is 0 Å². The molecule has 1 atom stereocenters. The quantitative estimate of drug-likeness (QED) is 0.669. The highest BCUT2D eigenvalue weighted by molar-refractivity contribution is 7.98. The van der Waals surface area contributed by atoms with Crippen LogP contribution in [0.2, 0.25) is 0 Å². The zero-order valence-electron chi connectivity index (χ0n) is 17.3. The first kappa shape index (κ1) is 20.4. The van der Waals surface area contributed by atoms with E-state index in [0.717, 1.165) is 61.8 Å². The standard InChI is InChI=1S/C22H30N4O2S/c1-25-20(23-24-22(25)29-15-16-7-4-3-5-8-16)19-9-6-14-26(19)21(27)17-10-12-18(28-2)13-11-17/h3-5,7-8,17-19H,6,9-15H2,1-2H3/t17?,18?,19-/m1/s1. The van der Waals surface area contributed by atoms with Gasteiger partial charge in [-0.1, -0.05) is 42.1 Å². The molecule has 29 heavy (non-hydrogen) atoms. The van der Waals surface area contributed by atoms with Crippen LogP contribution in [0.4, 0.5) is 0 Å². The van der Waals surface area contributed by atoms with Crippen molar-refractivity contribution >= 4 is 17.7 Å². The lowest BCUT2D eigenvalue weighted by atomic mass is 9.86. The van der Waals surface area contributed by atoms with Gasteiger partial charge in [0, 0.05) is 32.4 Å². The lowest BCUT2D eigenvalue weighted by Crippen LogP contribution is -2.38. The summed E-state index contributed by atoms with van der Waals surface area (Å²) in [5, 5.41) is 9.82. The summed E-state index contributed by atoms with van der Waals surface area (Å²) in [5.41, 5.74) is 1.27. The molecule has 1 aliphatic carbocycles. The largest absolute Gasteiger partial charge is 0.381 e. The fraction of sp³-hybridized carbons (Fsp3) is 0.591. The van der Waals surface area contributed by atoms with Crippen LogP contribution in [0.1, 0.15) is 56.0 Å². The molecule has 0 unspecified atom stereocenters. The number of thioether (sulfide) groups is 1. The molecule has 2 heterocycles. The van der Waals surface area contributed by atoms with E-state index >= 15 is 0 Å². The molecule has 7 heteroatoms. The lowest BCUT2D eigenvalue weighted by molar-refractivity contribution is -0.138. The van der Waals surface area contributed by atoms with Gasteiger partial charge in [0.25, 0.3) is 0 Å². The highest BCUT2D eigenvalue weighted by Gasteiger charge is 2.37. The van der Waals surface area contributed by atoms with Crippen molar-refractivity contribution in [2.24, 2.45) is 13.0 Å². The second kappa shape index (κ2) is 9.30. The molecule has 0 spiro atoms. The number of amides is 1. The van der Waals surface area contributed by atoms with Gasteiger partial charge in [0.2, 0.25) is 5.91 Å². The van der Waals surface area contributed by atoms with Gasteiger partial charge in [-0.05, 0) is 44.1 Å². The number of nitrogens with zero attached hydrogens (tertiary/aromatic N) is 4. The van der Waals surface area contributed by atoms with Gasteiger partial charge in [-0.15, -0.1) is 10.2 Å². The van der Waals surface area contributed by atoms with Crippen molar-refractivity contribution < 1.29 is 9.53 Å². The molecule has 0 bridgehead atoms. The van der Waals surface area contributed by atoms with E-state index in [9.17, 15) is 4.79 Å². The summed E-state index contributed by atoms with van der Waals surface area (Å²) in [6.45, 7) is 0.826. The van der Waals surface area contributed by atoms with Gasteiger partial charge in [0.05, 0.1) is 12.1 Å². The van der Waals surface area contributed by atoms with Crippen LogP contribution in [0.15, 0.2) is 35.5 Å². The third-order valence-electron chi connectivity index (χ3n) is 6.27. The van der Waals surface area contributed by atoms with E-state index in [-0.39, 0.29) is 12.0 Å². The van der Waals surface area contributed by atoms with Crippen molar-refractivity contribution in [2.45, 2.75) is 61.6 Å². The van der Waals surface area contributed by atoms with E-state index in [2.05, 4.69) is 43.9 Å². The number of benzene rings is 1. The molecule has 0 radical (unpaired) electrons. The Morgan fingerprint density at radius 1 is 1.14 bits per heavy atom. The number of aromatic nitrogens is 3. The molecule has 6 nitrogen and oxygen atoms in total. The first-order chi connectivity index (χ1) is 14.2. The molecule has 1 saturated carbocycles. The molecule has 1 amide bonds. The highest BCUT2D eigenvalue weighted by atomic mass is 32.2. The Hall–Kier alpha value is -1.86. The zero-order valence-corrected chi connectivity index (χ0v) is 18.1. The number of hydrogen-bond acceptors (Lipinski definition) is 5. The van der Waals surface area contributed by atoms with Crippen LogP contribution >= 0.6 is 11.8 Å². The fourth-order valence-electron chi connectivity index (χ4n) is 4.54. The minimum atomic E-state index is 0.0474. The van der Waals surface area contributed by atoms with Crippen LogP contribution in [0, 0.1) is 5.92 Å². The first-order valence-electron chi connectivity index (χ1n) is 10.6. The number of carbonyl (C=O) groups excluding carboxylic acids is 1. The summed E-state index contributed by atoms with van der Waals surface area (Å²) in [5.74, 6) is 2.20. The molecule has 1 aliphatic heterocycles. The van der Waals surface area contributed by atoms with Crippen LogP contribution in [0.25, 0.3) is 0 Å². The van der Waals surface area contributed by atoms with Crippen molar-refractivity contribution in [3.8, 4) is 0 Å². The van der Waals surface area contributed by atoms with Crippen LogP contribution in [-0.2, 0) is 22.3 Å². The molecule has 1 aromatic carbocycles. The maximum Gasteiger partial charge on any atom is 0.226 e. The highest BCUT2D eigenvalue weighted by Crippen LogP contribution is 2.36. The number of rotatable bonds is 6. The number of carbonyl (C=O) groups is 1. The van der Waals surface area contributed by atoms with Gasteiger partial charge in [-0.25, -0.2) is 0 Å². The molecule has 156 valence electrons. The number of likely N-dealkylation sites (tertiary alicyclic amines) is 1. The van der Waals surface area contributed by atoms with Crippen LogP contribution in [0.3, 0.4) is 0 Å². The van der Waals surface area contributed by atoms with E-state index in [1.165, 1.54) is 5.56 Å². The predicted octanol–water partition coefficient (Wildman–Crippen LogP) is 3.98. The molecule has 1 aromatic heterocycles. The Labute approximate surface area is 177 Å². The SMILES string of the molecule is COC1CCC(C(=O)N2CCC[C@@H]2c2nnc(SCc3ccccc3)n2C)CC1. The molecule has 2 aliphatic rings. The normalized spacial score (nSPS) is 24.8. The molecule has 1 saturated heterocycles. The zero-order chi connectivity index (χ0) is 20.2. The van der Waals surface area contributed by atoms with Gasteiger partial charge >= 0.3 is 0 Å². The topological polar surface area (TPSA) is 60.2 Å². The number of methoxy groups -OCH3 is 1. The number of ether oxygens (including phenoxy) is 1. The summed E-state index contributed by atoms with van der Waals surface area (Å²) >= 11 is 1.69. The Kier molecular flexibility index (Phi) is 6.55. The summed E-state index contributed by atoms with van der Waals surface area (Å²) in [6, 6.07) is 10.4. The fourth-order valence-corrected chi connectivity index (χ4v) is 5.42. The maximum absolute atomic E-state index is 13.2. The summed E-state index contributed by atoms with van der Waals surface area (Å²) < 4.78 is 7.53. The maximum atomic E-state index is 13.2. The van der Waals surface area contributed by atoms with Crippen LogP contribution in [-0.4, -0.2) is 45.3 Å². The van der Waals surface area contributed by atoms with Gasteiger partial charge in [-0.3, -0.25) is 4.79 Å². The van der Waals surface area contributed by atoms with Crippen molar-refractivity contribution in [3.05, 3.63) is 41.7 Å². The minimum absolute atomic E-state index is 0.0474. The molecular weight excluding hydrogens is 384 g/mol.